The van der Waals surface area contributed by atoms with Crippen molar-refractivity contribution in [1.29, 1.82) is 0 Å². The largest absolute Gasteiger partial charge is 0.398 e. The van der Waals surface area contributed by atoms with Gasteiger partial charge in [-0.25, -0.2) is 17.5 Å². The van der Waals surface area contributed by atoms with E-state index in [0.29, 0.717) is 5.89 Å². The molecule has 1 aromatic carbocycles. The zero-order valence-electron chi connectivity index (χ0n) is 10.0. The lowest BCUT2D eigenvalue weighted by atomic mass is 10.3. The van der Waals surface area contributed by atoms with E-state index >= 15 is 0 Å². The Morgan fingerprint density at radius 3 is 2.85 bits per heavy atom. The van der Waals surface area contributed by atoms with Gasteiger partial charge in [0, 0.05) is 13.0 Å². The Labute approximate surface area is 122 Å². The van der Waals surface area contributed by atoms with Gasteiger partial charge < -0.3 is 10.3 Å². The molecule has 0 saturated carbocycles. The number of hydrogen-bond donors (Lipinski definition) is 2. The first-order valence-electron chi connectivity index (χ1n) is 5.40. The predicted molar refractivity (Wildman–Crippen MR) is 71.7 cm³/mol. The molecule has 1 aromatic heterocycles. The van der Waals surface area contributed by atoms with Crippen LogP contribution in [0.4, 0.5) is 10.1 Å². The minimum atomic E-state index is -3.84. The molecule has 108 valence electrons. The summed E-state index contributed by atoms with van der Waals surface area (Å²) in [6.07, 6.45) is 1.46. The molecule has 0 fully saturated rings. The van der Waals surface area contributed by atoms with Gasteiger partial charge in [-0.1, -0.05) is 5.16 Å². The van der Waals surface area contributed by atoms with Crippen LogP contribution in [0.15, 0.2) is 32.4 Å². The molecular formula is C10H10BrFN4O3S. The predicted octanol–water partition coefficient (Wildman–Crippen LogP) is 1.07. The molecule has 0 radical (unpaired) electrons. The highest BCUT2D eigenvalue weighted by Crippen LogP contribution is 2.25. The van der Waals surface area contributed by atoms with Gasteiger partial charge in [-0.05, 0) is 28.1 Å². The Bertz CT molecular complexity index is 706. The summed E-state index contributed by atoms with van der Waals surface area (Å²) < 4.78 is 44.4. The maximum Gasteiger partial charge on any atom is 0.242 e. The lowest BCUT2D eigenvalue weighted by Crippen LogP contribution is -2.27. The Balaban J connectivity index is 2.12. The summed E-state index contributed by atoms with van der Waals surface area (Å²) >= 11 is 2.92. The molecule has 0 atom stereocenters. The fourth-order valence-electron chi connectivity index (χ4n) is 1.45. The van der Waals surface area contributed by atoms with Crippen LogP contribution in [0.3, 0.4) is 0 Å². The molecule has 0 saturated heterocycles. The Morgan fingerprint density at radius 2 is 2.20 bits per heavy atom. The second-order valence-electron chi connectivity index (χ2n) is 3.79. The van der Waals surface area contributed by atoms with E-state index in [-0.39, 0.29) is 28.0 Å². The molecule has 1 heterocycles. The summed E-state index contributed by atoms with van der Waals surface area (Å²) in [7, 11) is -3.84. The van der Waals surface area contributed by atoms with Crippen LogP contribution in [0.5, 0.6) is 0 Å². The van der Waals surface area contributed by atoms with Gasteiger partial charge in [-0.3, -0.25) is 0 Å². The van der Waals surface area contributed by atoms with Crippen LogP contribution in [0, 0.1) is 5.82 Å². The van der Waals surface area contributed by atoms with Crippen molar-refractivity contribution in [2.24, 2.45) is 0 Å². The summed E-state index contributed by atoms with van der Waals surface area (Å²) in [6, 6.07) is 2.05. The third-order valence-corrected chi connectivity index (χ3v) is 4.50. The van der Waals surface area contributed by atoms with Crippen molar-refractivity contribution in [3.05, 3.63) is 34.6 Å². The fraction of sp³-hybridized carbons (Fsp3) is 0.200. The van der Waals surface area contributed by atoms with E-state index in [1.54, 1.807) is 0 Å². The number of nitrogen functional groups attached to an aromatic ring is 1. The van der Waals surface area contributed by atoms with Crippen molar-refractivity contribution >= 4 is 31.6 Å². The van der Waals surface area contributed by atoms with Crippen LogP contribution in [0.2, 0.25) is 0 Å². The van der Waals surface area contributed by atoms with Crippen LogP contribution < -0.4 is 10.5 Å². The van der Waals surface area contributed by atoms with Gasteiger partial charge in [-0.15, -0.1) is 0 Å². The zero-order valence-corrected chi connectivity index (χ0v) is 12.4. The van der Waals surface area contributed by atoms with Gasteiger partial charge in [0.15, 0.2) is 6.33 Å². The van der Waals surface area contributed by atoms with E-state index in [4.69, 9.17) is 10.3 Å². The zero-order chi connectivity index (χ0) is 14.8. The first kappa shape index (κ1) is 14.9. The monoisotopic (exact) mass is 364 g/mol. The average molecular weight is 365 g/mol. The minimum absolute atomic E-state index is 0.0176. The van der Waals surface area contributed by atoms with Crippen molar-refractivity contribution in [3.8, 4) is 0 Å². The van der Waals surface area contributed by atoms with E-state index in [1.807, 2.05) is 0 Å². The summed E-state index contributed by atoms with van der Waals surface area (Å²) in [5.74, 6) is -0.326. The number of nitrogens with one attached hydrogen (secondary N) is 1. The van der Waals surface area contributed by atoms with Gasteiger partial charge >= 0.3 is 0 Å². The molecule has 20 heavy (non-hydrogen) atoms. The van der Waals surface area contributed by atoms with Crippen molar-refractivity contribution in [1.82, 2.24) is 14.9 Å². The molecule has 0 aliphatic heterocycles. The SMILES string of the molecule is Nc1cc(F)c(Br)cc1S(=O)(=O)NCCc1ncno1. The van der Waals surface area contributed by atoms with Gasteiger partial charge in [0.05, 0.1) is 10.2 Å². The molecule has 7 nitrogen and oxygen atoms in total. The number of anilines is 1. The van der Waals surface area contributed by atoms with Crippen LogP contribution >= 0.6 is 15.9 Å². The summed E-state index contributed by atoms with van der Waals surface area (Å²) in [4.78, 5) is 3.56. The number of benzene rings is 1. The molecule has 2 rings (SSSR count). The molecule has 10 heteroatoms. The maximum absolute atomic E-state index is 13.2. The second-order valence-corrected chi connectivity index (χ2v) is 6.38. The third-order valence-electron chi connectivity index (χ3n) is 2.38. The summed E-state index contributed by atoms with van der Waals surface area (Å²) in [5.41, 5.74) is 5.35. The molecule has 0 aliphatic rings. The first-order valence-corrected chi connectivity index (χ1v) is 7.67. The number of nitrogens with two attached hydrogens (primary N) is 1. The summed E-state index contributed by atoms with van der Waals surface area (Å²) in [5, 5.41) is 3.40. The average Bonchev–Trinajstić information content (AvgIpc) is 2.86. The number of nitrogens with zero attached hydrogens (tertiary/aromatic N) is 2. The smallest absolute Gasteiger partial charge is 0.242 e. The number of hydrogen-bond acceptors (Lipinski definition) is 6. The van der Waals surface area contributed by atoms with Crippen LogP contribution in [0.1, 0.15) is 5.89 Å². The maximum atomic E-state index is 13.2. The molecular weight excluding hydrogens is 355 g/mol. The summed E-state index contributed by atoms with van der Waals surface area (Å²) in [6.45, 7) is 0.0545. The van der Waals surface area contributed by atoms with Crippen LogP contribution in [0.25, 0.3) is 0 Å². The standard InChI is InChI=1S/C10H10BrFN4O3S/c11-6-3-9(8(13)4-7(6)12)20(17,18)16-2-1-10-14-5-15-19-10/h3-5,16H,1-2,13H2. The quantitative estimate of drug-likeness (QED) is 0.767. The van der Waals surface area contributed by atoms with Crippen molar-refractivity contribution in [2.45, 2.75) is 11.3 Å². The molecule has 0 unspecified atom stereocenters. The number of sulfonamides is 1. The highest BCUT2D eigenvalue weighted by Gasteiger charge is 2.19. The minimum Gasteiger partial charge on any atom is -0.398 e. The Morgan fingerprint density at radius 1 is 1.45 bits per heavy atom. The molecule has 0 aliphatic carbocycles. The van der Waals surface area contributed by atoms with Crippen molar-refractivity contribution in [3.63, 3.8) is 0 Å². The van der Waals surface area contributed by atoms with E-state index < -0.39 is 15.8 Å². The number of rotatable bonds is 5. The van der Waals surface area contributed by atoms with Crippen molar-refractivity contribution in [2.75, 3.05) is 12.3 Å². The van der Waals surface area contributed by atoms with E-state index in [1.165, 1.54) is 6.33 Å². The normalized spacial score (nSPS) is 11.7. The Hall–Kier alpha value is -1.52. The Kier molecular flexibility index (Phi) is 4.35. The third kappa shape index (κ3) is 3.32. The van der Waals surface area contributed by atoms with Crippen LogP contribution in [-0.2, 0) is 16.4 Å². The second kappa shape index (κ2) is 5.85. The van der Waals surface area contributed by atoms with E-state index in [9.17, 15) is 12.8 Å². The first-order chi connectivity index (χ1) is 9.40. The van der Waals surface area contributed by atoms with Crippen LogP contribution in [-0.4, -0.2) is 25.1 Å². The van der Waals surface area contributed by atoms with Gasteiger partial charge in [0.25, 0.3) is 0 Å². The molecule has 0 bridgehead atoms. The van der Waals surface area contributed by atoms with Gasteiger partial charge in [-0.2, -0.15) is 4.98 Å². The highest BCUT2D eigenvalue weighted by molar-refractivity contribution is 9.10. The molecule has 0 amide bonds. The topological polar surface area (TPSA) is 111 Å². The number of halogens is 2. The van der Waals surface area contributed by atoms with Gasteiger partial charge in [0.1, 0.15) is 10.7 Å². The molecule has 3 N–H and O–H groups in total. The lowest BCUT2D eigenvalue weighted by molar-refractivity contribution is 0.377. The number of aromatic nitrogens is 2. The fourth-order valence-corrected chi connectivity index (χ4v) is 3.12. The van der Waals surface area contributed by atoms with Gasteiger partial charge in [0.2, 0.25) is 15.9 Å². The lowest BCUT2D eigenvalue weighted by Gasteiger charge is -2.09. The van der Waals surface area contributed by atoms with E-state index in [0.717, 1.165) is 12.1 Å². The highest BCUT2D eigenvalue weighted by atomic mass is 79.9. The van der Waals surface area contributed by atoms with E-state index in [2.05, 4.69) is 30.8 Å². The molecule has 2 aromatic rings. The van der Waals surface area contributed by atoms with Crippen molar-refractivity contribution < 1.29 is 17.3 Å². The molecule has 0 spiro atoms.